The molecule has 0 radical (unpaired) electrons. The topological polar surface area (TPSA) is 6.48 Å². The lowest BCUT2D eigenvalue weighted by Gasteiger charge is -2.30. The Hall–Kier alpha value is -9.02. The second kappa shape index (κ2) is 18.1. The quantitative estimate of drug-likeness (QED) is 0.135. The minimum Gasteiger partial charge on any atom is -0.309 e. The molecule has 1 heterocycles. The molecule has 13 rings (SSSR count). The van der Waals surface area contributed by atoms with Gasteiger partial charge in [0.15, 0.2) is 0 Å². The zero-order valence-electron chi connectivity index (χ0n) is 38.9. The standard InChI is InChI=1S/C68H46N2S/c1-7-23-47(24-8-1)51-39-41-61(59(43-51)49-27-11-3-12-28-49)69(53-31-15-5-16-32-53)63-45-65-67(57-37-21-19-35-55(57)63)68-58-38-22-20-36-56(58)64(46-66(68)71-65)70(54-33-17-6-18-34-54)62-42-40-52(48-25-9-2-10-26-48)44-60(62)50-29-13-4-14-30-50/h1-46H. The summed E-state index contributed by atoms with van der Waals surface area (Å²) in [6, 6.07) is 102. The van der Waals surface area contributed by atoms with Crippen LogP contribution in [-0.2, 0) is 0 Å². The van der Waals surface area contributed by atoms with Gasteiger partial charge < -0.3 is 9.80 Å². The van der Waals surface area contributed by atoms with E-state index in [2.05, 4.69) is 289 Å². The summed E-state index contributed by atoms with van der Waals surface area (Å²) >= 11 is 1.88. The summed E-state index contributed by atoms with van der Waals surface area (Å²) in [5, 5.41) is 7.42. The van der Waals surface area contributed by atoms with Gasteiger partial charge in [0.25, 0.3) is 0 Å². The summed E-state index contributed by atoms with van der Waals surface area (Å²) in [7, 11) is 0. The number of benzene rings is 12. The molecule has 2 nitrogen and oxygen atoms in total. The fourth-order valence-corrected chi connectivity index (χ4v) is 11.8. The molecule has 13 aromatic rings. The number of nitrogens with zero attached hydrogens (tertiary/aromatic N) is 2. The molecule has 0 aliphatic rings. The maximum Gasteiger partial charge on any atom is 0.0554 e. The minimum atomic E-state index is 1.10. The van der Waals surface area contributed by atoms with E-state index in [0.717, 1.165) is 34.1 Å². The Morgan fingerprint density at radius 3 is 0.901 bits per heavy atom. The van der Waals surface area contributed by atoms with Crippen LogP contribution in [0.15, 0.2) is 279 Å². The van der Waals surface area contributed by atoms with Gasteiger partial charge in [-0.25, -0.2) is 0 Å². The van der Waals surface area contributed by atoms with Crippen molar-refractivity contribution in [2.24, 2.45) is 0 Å². The lowest BCUT2D eigenvalue weighted by molar-refractivity contribution is 1.30. The van der Waals surface area contributed by atoms with E-state index in [1.54, 1.807) is 0 Å². The highest BCUT2D eigenvalue weighted by Crippen LogP contribution is 2.53. The third-order valence-corrected chi connectivity index (χ3v) is 14.9. The molecule has 334 valence electrons. The first-order chi connectivity index (χ1) is 35.2. The number of thiophene rings is 1. The van der Waals surface area contributed by atoms with Gasteiger partial charge in [-0.15, -0.1) is 11.3 Å². The molecule has 0 atom stereocenters. The fraction of sp³-hybridized carbons (Fsp3) is 0. The van der Waals surface area contributed by atoms with E-state index in [-0.39, 0.29) is 0 Å². The maximum atomic E-state index is 2.48. The minimum absolute atomic E-state index is 1.10. The van der Waals surface area contributed by atoms with Gasteiger partial charge in [-0.1, -0.05) is 218 Å². The first-order valence-corrected chi connectivity index (χ1v) is 25.1. The van der Waals surface area contributed by atoms with Crippen LogP contribution in [0.25, 0.3) is 86.2 Å². The molecule has 0 fully saturated rings. The average molecular weight is 923 g/mol. The molecule has 71 heavy (non-hydrogen) atoms. The van der Waals surface area contributed by atoms with Gasteiger partial charge in [0.2, 0.25) is 0 Å². The number of fused-ring (bicyclic) bond motifs is 7. The number of hydrogen-bond acceptors (Lipinski definition) is 3. The van der Waals surface area contributed by atoms with Crippen LogP contribution in [0.4, 0.5) is 34.1 Å². The predicted molar refractivity (Wildman–Crippen MR) is 305 cm³/mol. The first-order valence-electron chi connectivity index (χ1n) is 24.2. The summed E-state index contributed by atoms with van der Waals surface area (Å²) in [6.45, 7) is 0. The van der Waals surface area contributed by atoms with Crippen LogP contribution in [0.3, 0.4) is 0 Å². The van der Waals surface area contributed by atoms with Crippen molar-refractivity contribution in [2.45, 2.75) is 0 Å². The first kappa shape index (κ1) is 42.1. The second-order valence-electron chi connectivity index (χ2n) is 18.0. The Bertz CT molecular complexity index is 3760. The molecule has 0 unspecified atom stereocenters. The van der Waals surface area contributed by atoms with E-state index in [9.17, 15) is 0 Å². The van der Waals surface area contributed by atoms with Crippen molar-refractivity contribution < 1.29 is 0 Å². The van der Waals surface area contributed by atoms with Gasteiger partial charge >= 0.3 is 0 Å². The van der Waals surface area contributed by atoms with Gasteiger partial charge in [-0.05, 0) is 105 Å². The van der Waals surface area contributed by atoms with E-state index in [0.29, 0.717) is 0 Å². The van der Waals surface area contributed by atoms with Crippen molar-refractivity contribution in [2.75, 3.05) is 9.80 Å². The lowest BCUT2D eigenvalue weighted by atomic mass is 9.94. The lowest BCUT2D eigenvalue weighted by Crippen LogP contribution is -2.12. The Balaban J connectivity index is 1.07. The molecule has 12 aromatic carbocycles. The van der Waals surface area contributed by atoms with Crippen LogP contribution in [0.5, 0.6) is 0 Å². The van der Waals surface area contributed by atoms with Crippen molar-refractivity contribution in [3.63, 3.8) is 0 Å². The van der Waals surface area contributed by atoms with Crippen LogP contribution in [0.2, 0.25) is 0 Å². The highest BCUT2D eigenvalue weighted by molar-refractivity contribution is 7.26. The molecule has 0 saturated carbocycles. The van der Waals surface area contributed by atoms with Gasteiger partial charge in [0.05, 0.1) is 22.7 Å². The van der Waals surface area contributed by atoms with Crippen molar-refractivity contribution >= 4 is 87.2 Å². The third-order valence-electron chi connectivity index (χ3n) is 13.8. The summed E-state index contributed by atoms with van der Waals surface area (Å²) in [5.41, 5.74) is 16.1. The van der Waals surface area contributed by atoms with Crippen molar-refractivity contribution in [3.8, 4) is 44.5 Å². The Morgan fingerprint density at radius 1 is 0.225 bits per heavy atom. The van der Waals surface area contributed by atoms with E-state index >= 15 is 0 Å². The van der Waals surface area contributed by atoms with Crippen molar-refractivity contribution in [1.82, 2.24) is 0 Å². The van der Waals surface area contributed by atoms with Gasteiger partial charge in [0.1, 0.15) is 0 Å². The highest BCUT2D eigenvalue weighted by atomic mass is 32.1. The predicted octanol–water partition coefficient (Wildman–Crippen LogP) is 20.0. The molecule has 0 amide bonds. The fourth-order valence-electron chi connectivity index (χ4n) is 10.6. The summed E-state index contributed by atoms with van der Waals surface area (Å²) in [4.78, 5) is 4.96. The van der Waals surface area contributed by atoms with Crippen LogP contribution < -0.4 is 9.80 Å². The number of para-hydroxylation sites is 2. The number of anilines is 6. The van der Waals surface area contributed by atoms with Crippen molar-refractivity contribution in [3.05, 3.63) is 279 Å². The summed E-state index contributed by atoms with van der Waals surface area (Å²) < 4.78 is 2.48. The molecule has 3 heteroatoms. The molecule has 0 bridgehead atoms. The van der Waals surface area contributed by atoms with Gasteiger partial charge in [-0.2, -0.15) is 0 Å². The smallest absolute Gasteiger partial charge is 0.0554 e. The van der Waals surface area contributed by atoms with Gasteiger partial charge in [0, 0.05) is 53.4 Å². The summed E-state index contributed by atoms with van der Waals surface area (Å²) in [6.07, 6.45) is 0. The van der Waals surface area contributed by atoms with Crippen LogP contribution in [0.1, 0.15) is 0 Å². The van der Waals surface area contributed by atoms with E-state index in [4.69, 9.17) is 0 Å². The zero-order valence-corrected chi connectivity index (χ0v) is 39.7. The van der Waals surface area contributed by atoms with Crippen molar-refractivity contribution in [1.29, 1.82) is 0 Å². The molecule has 0 saturated heterocycles. The largest absolute Gasteiger partial charge is 0.309 e. The highest BCUT2D eigenvalue weighted by Gasteiger charge is 2.26. The SMILES string of the molecule is c1ccc(-c2ccc(N(c3ccccc3)c3cc4sc5cc(N(c6ccccc6)c6ccc(-c7ccccc7)cc6-c6ccccc6)c6ccccc6c5c4c4ccccc34)c(-c3ccccc3)c2)cc1. The zero-order chi connectivity index (χ0) is 47.1. The van der Waals surface area contributed by atoms with E-state index in [1.165, 1.54) is 86.2 Å². The maximum absolute atomic E-state index is 2.48. The molecule has 0 spiro atoms. The second-order valence-corrected chi connectivity index (χ2v) is 19.1. The number of rotatable bonds is 10. The average Bonchev–Trinajstić information content (AvgIpc) is 3.84. The summed E-state index contributed by atoms with van der Waals surface area (Å²) in [5.74, 6) is 0. The third kappa shape index (κ3) is 7.61. The van der Waals surface area contributed by atoms with Crippen LogP contribution in [0, 0.1) is 0 Å². The molecule has 0 aliphatic carbocycles. The van der Waals surface area contributed by atoms with Crippen LogP contribution >= 0.6 is 11.3 Å². The normalized spacial score (nSPS) is 11.4. The Labute approximate surface area is 418 Å². The molecular formula is C68H46N2S. The van der Waals surface area contributed by atoms with Crippen LogP contribution in [-0.4, -0.2) is 0 Å². The Morgan fingerprint density at radius 2 is 0.535 bits per heavy atom. The molecule has 0 aliphatic heterocycles. The Kier molecular flexibility index (Phi) is 10.8. The molecule has 0 N–H and O–H groups in total. The molecule has 1 aromatic heterocycles. The monoisotopic (exact) mass is 922 g/mol. The van der Waals surface area contributed by atoms with E-state index in [1.807, 2.05) is 11.3 Å². The van der Waals surface area contributed by atoms with E-state index < -0.39 is 0 Å². The van der Waals surface area contributed by atoms with Gasteiger partial charge in [-0.3, -0.25) is 0 Å². The molecular weight excluding hydrogens is 877 g/mol. The number of hydrogen-bond donors (Lipinski definition) is 0.